The van der Waals surface area contributed by atoms with Crippen molar-refractivity contribution in [3.63, 3.8) is 0 Å². The lowest BCUT2D eigenvalue weighted by Crippen LogP contribution is -2.33. The van der Waals surface area contributed by atoms with Gasteiger partial charge in [0.1, 0.15) is 6.61 Å². The maximum absolute atomic E-state index is 5.62. The Bertz CT molecular complexity index is 639. The predicted octanol–water partition coefficient (Wildman–Crippen LogP) is 1.26. The fourth-order valence-corrected chi connectivity index (χ4v) is 2.11. The number of halogens is 1. The van der Waals surface area contributed by atoms with Crippen LogP contribution in [0, 0.1) is 0 Å². The summed E-state index contributed by atoms with van der Waals surface area (Å²) in [6, 6.07) is 8.02. The molecule has 2 aromatic rings. The summed E-state index contributed by atoms with van der Waals surface area (Å²) in [6.07, 6.45) is 0. The Labute approximate surface area is 155 Å². The normalized spacial score (nSPS) is 10.0. The second kappa shape index (κ2) is 13.7. The third-order valence-electron chi connectivity index (χ3n) is 3.24. The Morgan fingerprint density at radius 1 is 0.880 bits per heavy atom. The van der Waals surface area contributed by atoms with Gasteiger partial charge in [-0.1, -0.05) is 37.4 Å². The van der Waals surface area contributed by atoms with Gasteiger partial charge in [0.2, 0.25) is 0 Å². The molecule has 0 radical (unpaired) electrons. The highest BCUT2D eigenvalue weighted by atomic mass is 35.5. The number of hydrogen-bond acceptors (Lipinski definition) is 5. The third-order valence-corrected chi connectivity index (χ3v) is 3.24. The van der Waals surface area contributed by atoms with E-state index in [2.05, 4.69) is 23.9 Å². The van der Waals surface area contributed by atoms with Gasteiger partial charge in [-0.15, -0.1) is 12.4 Å². The van der Waals surface area contributed by atoms with Crippen LogP contribution in [-0.4, -0.2) is 44.4 Å². The van der Waals surface area contributed by atoms with Crippen molar-refractivity contribution >= 4 is 36.3 Å². The molecule has 0 spiro atoms. The lowest BCUT2D eigenvalue weighted by Gasteiger charge is -2.07. The van der Waals surface area contributed by atoms with E-state index < -0.39 is 0 Å². The third kappa shape index (κ3) is 7.46. The molecule has 142 valence electrons. The molecule has 1 heterocycles. The van der Waals surface area contributed by atoms with Crippen LogP contribution in [0.1, 0.15) is 13.8 Å². The molecule has 1 aromatic carbocycles. The van der Waals surface area contributed by atoms with E-state index in [0.29, 0.717) is 33.0 Å². The second-order valence-electron chi connectivity index (χ2n) is 4.83. The number of hydrogen-bond donors (Lipinski definition) is 1. The van der Waals surface area contributed by atoms with E-state index in [9.17, 15) is 0 Å². The van der Waals surface area contributed by atoms with Gasteiger partial charge in [0.05, 0.1) is 30.5 Å². The van der Waals surface area contributed by atoms with Crippen molar-refractivity contribution in [3.8, 4) is 0 Å². The first-order chi connectivity index (χ1) is 11.7. The van der Waals surface area contributed by atoms with Crippen molar-refractivity contribution in [2.75, 3.05) is 39.6 Å². The number of benzene rings is 1. The first-order valence-electron chi connectivity index (χ1n) is 8.05. The topological polar surface area (TPSA) is 67.9 Å². The van der Waals surface area contributed by atoms with Crippen molar-refractivity contribution in [2.45, 2.75) is 13.8 Å². The second-order valence-corrected chi connectivity index (χ2v) is 4.83. The molecule has 7 heteroatoms. The molecule has 0 saturated heterocycles. The van der Waals surface area contributed by atoms with Crippen molar-refractivity contribution in [3.05, 3.63) is 35.0 Å². The summed E-state index contributed by atoms with van der Waals surface area (Å²) in [5.41, 5.74) is 0. The van der Waals surface area contributed by atoms with Gasteiger partial charge in [-0.3, -0.25) is 0 Å². The maximum atomic E-state index is 5.62. The van der Waals surface area contributed by atoms with Crippen molar-refractivity contribution in [1.82, 2.24) is 4.73 Å². The van der Waals surface area contributed by atoms with Crippen LogP contribution in [-0.2, 0) is 14.3 Å². The van der Waals surface area contributed by atoms with E-state index in [0.717, 1.165) is 28.1 Å². The van der Waals surface area contributed by atoms with E-state index in [1.54, 1.807) is 4.73 Å². The first-order valence-corrected chi connectivity index (χ1v) is 8.05. The number of nitrogens with zero attached hydrogens (tertiary/aromatic N) is 1. The van der Waals surface area contributed by atoms with Crippen LogP contribution in [0.25, 0.3) is 23.9 Å². The Kier molecular flexibility index (Phi) is 12.8. The largest absolute Gasteiger partial charge is 0.411 e. The highest BCUT2D eigenvalue weighted by molar-refractivity contribution is 5.85. The summed E-state index contributed by atoms with van der Waals surface area (Å²) in [5.74, 6) is 4.69. The van der Waals surface area contributed by atoms with Gasteiger partial charge in [-0.2, -0.15) is 4.73 Å². The van der Waals surface area contributed by atoms with Crippen LogP contribution >= 0.6 is 12.4 Å². The molecule has 0 aliphatic heterocycles. The van der Waals surface area contributed by atoms with Crippen LogP contribution < -0.4 is 21.4 Å². The van der Waals surface area contributed by atoms with E-state index in [1.165, 1.54) is 0 Å². The minimum absolute atomic E-state index is 0. The van der Waals surface area contributed by atoms with Crippen molar-refractivity contribution in [1.29, 1.82) is 0 Å². The zero-order valence-corrected chi connectivity index (χ0v) is 15.8. The van der Waals surface area contributed by atoms with Crippen LogP contribution in [0.5, 0.6) is 0 Å². The number of ether oxygens (including phenoxy) is 2. The molecule has 1 aromatic heterocycles. The Hall–Kier alpha value is -1.57. The van der Waals surface area contributed by atoms with Gasteiger partial charge in [0, 0.05) is 24.0 Å². The van der Waals surface area contributed by atoms with Crippen LogP contribution in [0.15, 0.2) is 24.3 Å². The summed E-state index contributed by atoms with van der Waals surface area (Å²) >= 11 is 0. The molecular weight excluding hydrogens is 344 g/mol. The quantitative estimate of drug-likeness (QED) is 0.530. The Morgan fingerprint density at radius 3 is 1.80 bits per heavy atom. The van der Waals surface area contributed by atoms with Crippen LogP contribution in [0.3, 0.4) is 0 Å². The standard InChI is InChI=1S/C14H17NO2.C4H11NO2.ClH/c1-4-16-9-10-17-15-11(2)13-7-5-6-8-14(13)12(15)3;1-2-6-3-4-7-5;/h5-8H,2-4,9-10H2,1H3;2-5H2,1H3;1H. The molecule has 0 bridgehead atoms. The lowest BCUT2D eigenvalue weighted by molar-refractivity contribution is 0.0376. The van der Waals surface area contributed by atoms with Crippen molar-refractivity contribution < 1.29 is 19.1 Å². The zero-order chi connectivity index (χ0) is 17.8. The molecule has 2 N–H and O–H groups in total. The van der Waals surface area contributed by atoms with Gasteiger partial charge >= 0.3 is 0 Å². The summed E-state index contributed by atoms with van der Waals surface area (Å²) in [4.78, 5) is 9.84. The molecular formula is C18H29ClN2O4. The first kappa shape index (κ1) is 23.4. The average Bonchev–Trinajstić information content (AvgIpc) is 2.85. The summed E-state index contributed by atoms with van der Waals surface area (Å²) in [5, 5.41) is 3.83. The predicted molar refractivity (Wildman–Crippen MR) is 104 cm³/mol. The highest BCUT2D eigenvalue weighted by Crippen LogP contribution is 2.03. The van der Waals surface area contributed by atoms with E-state index in [1.807, 2.05) is 38.1 Å². The molecule has 2 rings (SSSR count). The summed E-state index contributed by atoms with van der Waals surface area (Å²) < 4.78 is 11.8. The van der Waals surface area contributed by atoms with Gasteiger partial charge in [0.15, 0.2) is 0 Å². The summed E-state index contributed by atoms with van der Waals surface area (Å²) in [7, 11) is 0. The molecule has 0 amide bonds. The monoisotopic (exact) mass is 372 g/mol. The van der Waals surface area contributed by atoms with Gasteiger partial charge in [-0.05, 0) is 13.8 Å². The van der Waals surface area contributed by atoms with Crippen molar-refractivity contribution in [2.24, 2.45) is 5.90 Å². The number of nitrogens with two attached hydrogens (primary N) is 1. The molecule has 0 aliphatic rings. The fraction of sp³-hybridized carbons (Fsp3) is 0.444. The van der Waals surface area contributed by atoms with Gasteiger partial charge in [-0.25, -0.2) is 5.90 Å². The fourth-order valence-electron chi connectivity index (χ4n) is 2.11. The molecule has 0 unspecified atom stereocenters. The smallest absolute Gasteiger partial charge is 0.138 e. The molecule has 0 aliphatic carbocycles. The minimum Gasteiger partial charge on any atom is -0.411 e. The zero-order valence-electron chi connectivity index (χ0n) is 15.0. The molecule has 0 atom stereocenters. The van der Waals surface area contributed by atoms with E-state index in [-0.39, 0.29) is 12.4 Å². The van der Waals surface area contributed by atoms with Gasteiger partial charge < -0.3 is 19.1 Å². The van der Waals surface area contributed by atoms with E-state index in [4.69, 9.17) is 14.3 Å². The SMILES string of the molecule is C=c1c2ccccc2c(=C)n1OCCOCC.CCOCCON.Cl. The highest BCUT2D eigenvalue weighted by Gasteiger charge is 2.04. The lowest BCUT2D eigenvalue weighted by atomic mass is 10.2. The average molecular weight is 373 g/mol. The molecule has 0 saturated carbocycles. The molecule has 0 fully saturated rings. The van der Waals surface area contributed by atoms with Crippen LogP contribution in [0.4, 0.5) is 0 Å². The Morgan fingerprint density at radius 2 is 1.36 bits per heavy atom. The number of fused-ring (bicyclic) bond motifs is 1. The summed E-state index contributed by atoms with van der Waals surface area (Å²) in [6.45, 7) is 15.5. The number of rotatable bonds is 9. The Balaban J connectivity index is 0.000000620. The maximum Gasteiger partial charge on any atom is 0.138 e. The van der Waals surface area contributed by atoms with Gasteiger partial charge in [0.25, 0.3) is 0 Å². The van der Waals surface area contributed by atoms with Crippen LogP contribution in [0.2, 0.25) is 0 Å². The molecule has 6 nitrogen and oxygen atoms in total. The minimum atomic E-state index is 0. The molecule has 25 heavy (non-hydrogen) atoms. The number of aromatic nitrogens is 1. The van der Waals surface area contributed by atoms with E-state index >= 15 is 0 Å².